The molecule has 0 radical (unpaired) electrons. The highest BCUT2D eigenvalue weighted by molar-refractivity contribution is 5.19. The molecule has 0 saturated carbocycles. The largest absolute Gasteiger partial charge is 0.375 e. The predicted octanol–water partition coefficient (Wildman–Crippen LogP) is 3.29. The summed E-state index contributed by atoms with van der Waals surface area (Å²) in [7, 11) is 0. The van der Waals surface area contributed by atoms with E-state index in [0.717, 1.165) is 12.1 Å². The van der Waals surface area contributed by atoms with Crippen LogP contribution in [0.25, 0.3) is 0 Å². The van der Waals surface area contributed by atoms with E-state index in [0.29, 0.717) is 6.61 Å². The molecule has 0 aliphatic heterocycles. The standard InChI is InChI=1S/C14H22FNO/c1-11(12-5-7-13(15)8-6-12)16-9-10-17-14(2,3)4/h5-8,11,16H,9-10H2,1-4H3. The summed E-state index contributed by atoms with van der Waals surface area (Å²) in [6.45, 7) is 9.64. The number of nitrogens with one attached hydrogen (secondary N) is 1. The molecule has 17 heavy (non-hydrogen) atoms. The second-order valence-electron chi connectivity index (χ2n) is 5.19. The van der Waals surface area contributed by atoms with E-state index in [4.69, 9.17) is 4.74 Å². The van der Waals surface area contributed by atoms with E-state index in [2.05, 4.69) is 12.2 Å². The zero-order chi connectivity index (χ0) is 12.9. The molecule has 1 unspecified atom stereocenters. The van der Waals surface area contributed by atoms with Crippen LogP contribution in [-0.4, -0.2) is 18.8 Å². The van der Waals surface area contributed by atoms with Crippen molar-refractivity contribution in [3.63, 3.8) is 0 Å². The van der Waals surface area contributed by atoms with Crippen LogP contribution >= 0.6 is 0 Å². The van der Waals surface area contributed by atoms with Crippen LogP contribution in [-0.2, 0) is 4.74 Å². The average molecular weight is 239 g/mol. The Morgan fingerprint density at radius 3 is 2.35 bits per heavy atom. The molecule has 2 nitrogen and oxygen atoms in total. The molecule has 0 amide bonds. The van der Waals surface area contributed by atoms with Crippen molar-refractivity contribution in [2.75, 3.05) is 13.2 Å². The van der Waals surface area contributed by atoms with Gasteiger partial charge in [-0.05, 0) is 45.4 Å². The lowest BCUT2D eigenvalue weighted by Crippen LogP contribution is -2.28. The van der Waals surface area contributed by atoms with Gasteiger partial charge in [-0.1, -0.05) is 12.1 Å². The number of hydrogen-bond acceptors (Lipinski definition) is 2. The number of rotatable bonds is 5. The summed E-state index contributed by atoms with van der Waals surface area (Å²) in [6.07, 6.45) is 0. The lowest BCUT2D eigenvalue weighted by atomic mass is 10.1. The molecule has 0 bridgehead atoms. The van der Waals surface area contributed by atoms with Crippen LogP contribution in [0, 0.1) is 5.82 Å². The van der Waals surface area contributed by atoms with Crippen molar-refractivity contribution in [3.05, 3.63) is 35.6 Å². The van der Waals surface area contributed by atoms with Crippen LogP contribution < -0.4 is 5.32 Å². The third-order valence-electron chi connectivity index (χ3n) is 2.46. The van der Waals surface area contributed by atoms with Crippen molar-refractivity contribution in [1.82, 2.24) is 5.32 Å². The highest BCUT2D eigenvalue weighted by atomic mass is 19.1. The Bertz CT molecular complexity index is 329. The Morgan fingerprint density at radius 1 is 1.24 bits per heavy atom. The van der Waals surface area contributed by atoms with Gasteiger partial charge in [-0.15, -0.1) is 0 Å². The van der Waals surface area contributed by atoms with E-state index in [1.165, 1.54) is 12.1 Å². The molecule has 0 fully saturated rings. The Kier molecular flexibility index (Phi) is 5.09. The molecular formula is C14H22FNO. The van der Waals surface area contributed by atoms with Crippen molar-refractivity contribution >= 4 is 0 Å². The summed E-state index contributed by atoms with van der Waals surface area (Å²) in [5, 5.41) is 3.34. The first-order valence-corrected chi connectivity index (χ1v) is 6.01. The van der Waals surface area contributed by atoms with Gasteiger partial charge in [0, 0.05) is 12.6 Å². The van der Waals surface area contributed by atoms with E-state index in [1.54, 1.807) is 12.1 Å². The molecule has 1 rings (SSSR count). The number of benzene rings is 1. The molecule has 96 valence electrons. The minimum absolute atomic E-state index is 0.0964. The van der Waals surface area contributed by atoms with Gasteiger partial charge >= 0.3 is 0 Å². The average Bonchev–Trinajstić information content (AvgIpc) is 2.24. The summed E-state index contributed by atoms with van der Waals surface area (Å²) < 4.78 is 18.4. The topological polar surface area (TPSA) is 21.3 Å². The highest BCUT2D eigenvalue weighted by Gasteiger charge is 2.10. The van der Waals surface area contributed by atoms with Gasteiger partial charge in [0.25, 0.3) is 0 Å². The van der Waals surface area contributed by atoms with E-state index in [-0.39, 0.29) is 17.5 Å². The zero-order valence-corrected chi connectivity index (χ0v) is 11.1. The maximum absolute atomic E-state index is 12.7. The zero-order valence-electron chi connectivity index (χ0n) is 11.1. The van der Waals surface area contributed by atoms with Crippen molar-refractivity contribution in [2.24, 2.45) is 0 Å². The summed E-state index contributed by atoms with van der Waals surface area (Å²) in [5.41, 5.74) is 0.989. The Morgan fingerprint density at radius 2 is 1.82 bits per heavy atom. The first-order chi connectivity index (χ1) is 7.88. The molecule has 0 aliphatic rings. The van der Waals surface area contributed by atoms with Gasteiger partial charge in [0.05, 0.1) is 12.2 Å². The summed E-state index contributed by atoms with van der Waals surface area (Å²) >= 11 is 0. The fraction of sp³-hybridized carbons (Fsp3) is 0.571. The second kappa shape index (κ2) is 6.12. The Balaban J connectivity index is 2.30. The molecule has 0 heterocycles. The quantitative estimate of drug-likeness (QED) is 0.796. The Labute approximate surface area is 103 Å². The van der Waals surface area contributed by atoms with Crippen molar-refractivity contribution in [1.29, 1.82) is 0 Å². The van der Waals surface area contributed by atoms with Crippen LogP contribution in [0.3, 0.4) is 0 Å². The fourth-order valence-electron chi connectivity index (χ4n) is 1.50. The first kappa shape index (κ1) is 14.1. The third-order valence-corrected chi connectivity index (χ3v) is 2.46. The predicted molar refractivity (Wildman–Crippen MR) is 68.5 cm³/mol. The Hall–Kier alpha value is -0.930. The molecular weight excluding hydrogens is 217 g/mol. The van der Waals surface area contributed by atoms with Gasteiger partial charge in [0.15, 0.2) is 0 Å². The van der Waals surface area contributed by atoms with Crippen LogP contribution in [0.4, 0.5) is 4.39 Å². The molecule has 0 aliphatic carbocycles. The maximum Gasteiger partial charge on any atom is 0.123 e. The van der Waals surface area contributed by atoms with Gasteiger partial charge < -0.3 is 10.1 Å². The van der Waals surface area contributed by atoms with Gasteiger partial charge in [-0.3, -0.25) is 0 Å². The smallest absolute Gasteiger partial charge is 0.123 e. The lowest BCUT2D eigenvalue weighted by Gasteiger charge is -2.21. The van der Waals surface area contributed by atoms with Gasteiger partial charge in [0.2, 0.25) is 0 Å². The summed E-state index contributed by atoms with van der Waals surface area (Å²) in [4.78, 5) is 0. The summed E-state index contributed by atoms with van der Waals surface area (Å²) in [6, 6.07) is 6.78. The van der Waals surface area contributed by atoms with Crippen molar-refractivity contribution in [2.45, 2.75) is 39.3 Å². The van der Waals surface area contributed by atoms with Crippen LogP contribution in [0.5, 0.6) is 0 Å². The normalized spacial score (nSPS) is 13.7. The molecule has 1 atom stereocenters. The second-order valence-corrected chi connectivity index (χ2v) is 5.19. The molecule has 3 heteroatoms. The van der Waals surface area contributed by atoms with Gasteiger partial charge in [-0.25, -0.2) is 4.39 Å². The minimum Gasteiger partial charge on any atom is -0.375 e. The molecule has 1 aromatic rings. The van der Waals surface area contributed by atoms with E-state index in [1.807, 2.05) is 20.8 Å². The van der Waals surface area contributed by atoms with Crippen molar-refractivity contribution < 1.29 is 9.13 Å². The molecule has 1 N–H and O–H groups in total. The van der Waals surface area contributed by atoms with Gasteiger partial charge in [-0.2, -0.15) is 0 Å². The number of hydrogen-bond donors (Lipinski definition) is 1. The van der Waals surface area contributed by atoms with Gasteiger partial charge in [0.1, 0.15) is 5.82 Å². The van der Waals surface area contributed by atoms with E-state index >= 15 is 0 Å². The van der Waals surface area contributed by atoms with Crippen LogP contribution in [0.1, 0.15) is 39.3 Å². The fourth-order valence-corrected chi connectivity index (χ4v) is 1.50. The lowest BCUT2D eigenvalue weighted by molar-refractivity contribution is -0.00149. The van der Waals surface area contributed by atoms with Crippen LogP contribution in [0.15, 0.2) is 24.3 Å². The van der Waals surface area contributed by atoms with E-state index < -0.39 is 0 Å². The molecule has 0 saturated heterocycles. The van der Waals surface area contributed by atoms with Crippen molar-refractivity contribution in [3.8, 4) is 0 Å². The SMILES string of the molecule is CC(NCCOC(C)(C)C)c1ccc(F)cc1. The number of halogens is 1. The molecule has 0 spiro atoms. The number of ether oxygens (including phenoxy) is 1. The monoisotopic (exact) mass is 239 g/mol. The maximum atomic E-state index is 12.7. The van der Waals surface area contributed by atoms with Crippen LogP contribution in [0.2, 0.25) is 0 Å². The van der Waals surface area contributed by atoms with E-state index in [9.17, 15) is 4.39 Å². The first-order valence-electron chi connectivity index (χ1n) is 6.01. The molecule has 0 aromatic heterocycles. The third kappa shape index (κ3) is 5.80. The molecule has 1 aromatic carbocycles. The minimum atomic E-state index is -0.197. The summed E-state index contributed by atoms with van der Waals surface area (Å²) in [5.74, 6) is -0.197. The highest BCUT2D eigenvalue weighted by Crippen LogP contribution is 2.12.